The van der Waals surface area contributed by atoms with Gasteiger partial charge in [0.05, 0.1) is 23.1 Å². The number of hydrogen-bond donors (Lipinski definition) is 2. The molecule has 3 aliphatic rings. The van der Waals surface area contributed by atoms with E-state index in [-0.39, 0.29) is 17.9 Å². The molecule has 2 aromatic rings. The molecule has 2 aromatic heterocycles. The zero-order chi connectivity index (χ0) is 23.8. The summed E-state index contributed by atoms with van der Waals surface area (Å²) in [5, 5.41) is 6.40. The van der Waals surface area contributed by atoms with Crippen molar-refractivity contribution in [1.29, 1.82) is 0 Å². The van der Waals surface area contributed by atoms with Gasteiger partial charge < -0.3 is 20.4 Å². The van der Waals surface area contributed by atoms with Crippen LogP contribution in [0.3, 0.4) is 0 Å². The van der Waals surface area contributed by atoms with Crippen LogP contribution in [0.25, 0.3) is 0 Å². The van der Waals surface area contributed by atoms with Crippen molar-refractivity contribution in [2.75, 3.05) is 22.2 Å². The predicted octanol–water partition coefficient (Wildman–Crippen LogP) is 4.18. The van der Waals surface area contributed by atoms with Gasteiger partial charge in [-0.2, -0.15) is 0 Å². The Labute approximate surface area is 201 Å². The van der Waals surface area contributed by atoms with Crippen molar-refractivity contribution >= 4 is 34.8 Å². The first-order valence-electron chi connectivity index (χ1n) is 12.6. The second-order valence-corrected chi connectivity index (χ2v) is 9.68. The second-order valence-electron chi connectivity index (χ2n) is 9.68. The van der Waals surface area contributed by atoms with Crippen molar-refractivity contribution in [3.8, 4) is 0 Å². The molecule has 8 heteroatoms. The Morgan fingerprint density at radius 3 is 2.50 bits per heavy atom. The van der Waals surface area contributed by atoms with Gasteiger partial charge in [0.25, 0.3) is 5.91 Å². The first-order valence-corrected chi connectivity index (χ1v) is 12.6. The average molecular weight is 463 g/mol. The lowest BCUT2D eigenvalue weighted by molar-refractivity contribution is -0.120. The monoisotopic (exact) mass is 462 g/mol. The summed E-state index contributed by atoms with van der Waals surface area (Å²) >= 11 is 0. The van der Waals surface area contributed by atoms with Gasteiger partial charge >= 0.3 is 0 Å². The molecule has 2 N–H and O–H groups in total. The minimum atomic E-state index is -0.149. The Morgan fingerprint density at radius 1 is 1.06 bits per heavy atom. The van der Waals surface area contributed by atoms with Crippen LogP contribution in [-0.2, 0) is 11.2 Å². The lowest BCUT2D eigenvalue weighted by Crippen LogP contribution is -2.55. The summed E-state index contributed by atoms with van der Waals surface area (Å²) in [5.41, 5.74) is 3.46. The van der Waals surface area contributed by atoms with Gasteiger partial charge in [0.1, 0.15) is 17.7 Å². The molecule has 2 saturated carbocycles. The van der Waals surface area contributed by atoms with E-state index in [1.807, 2.05) is 19.2 Å². The van der Waals surface area contributed by atoms with Crippen LogP contribution >= 0.6 is 0 Å². The number of carbonyl (C=O) groups excluding carboxylic acids is 2. The fraction of sp³-hybridized carbons (Fsp3) is 0.538. The maximum absolute atomic E-state index is 13.1. The Bertz CT molecular complexity index is 1090. The van der Waals surface area contributed by atoms with E-state index in [0.717, 1.165) is 55.5 Å². The fourth-order valence-electron chi connectivity index (χ4n) is 5.24. The van der Waals surface area contributed by atoms with Gasteiger partial charge in [-0.05, 0) is 50.2 Å². The van der Waals surface area contributed by atoms with Crippen LogP contribution in [0.2, 0.25) is 0 Å². The van der Waals surface area contributed by atoms with Crippen molar-refractivity contribution in [2.45, 2.75) is 83.3 Å². The number of amides is 2. The van der Waals surface area contributed by atoms with E-state index in [0.29, 0.717) is 29.3 Å². The lowest BCUT2D eigenvalue weighted by Gasteiger charge is -2.44. The van der Waals surface area contributed by atoms with Crippen LogP contribution in [0.4, 0.5) is 23.0 Å². The average Bonchev–Trinajstić information content (AvgIpc) is 3.50. The molecule has 0 saturated heterocycles. The molecule has 2 fully saturated rings. The standard InChI is InChI=1S/C26H34N6O2/c1-4-16-12-17(25(33)29-18-10-11-18)14-28-24(16)30-23-13-21-22(15-27-23)31(3)26(34)20(5-2)32(21)19-8-6-7-9-19/h12-15,18-20H,4-11H2,1-3H3,(H,29,33)(H,27,28,30)/t20-/m1/s1. The number of aryl methyl sites for hydroxylation is 1. The summed E-state index contributed by atoms with van der Waals surface area (Å²) in [4.78, 5) is 38.8. The van der Waals surface area contributed by atoms with Crippen molar-refractivity contribution in [2.24, 2.45) is 0 Å². The summed E-state index contributed by atoms with van der Waals surface area (Å²) < 4.78 is 0. The minimum absolute atomic E-state index is 0.0614. The van der Waals surface area contributed by atoms with Gasteiger partial charge in [-0.15, -0.1) is 0 Å². The van der Waals surface area contributed by atoms with Crippen LogP contribution in [0, 0.1) is 0 Å². The van der Waals surface area contributed by atoms with Crippen molar-refractivity contribution in [3.05, 3.63) is 35.7 Å². The Kier molecular flexibility index (Phi) is 6.15. The number of pyridine rings is 2. The molecule has 0 unspecified atom stereocenters. The van der Waals surface area contributed by atoms with E-state index < -0.39 is 0 Å². The molecule has 0 aromatic carbocycles. The molecule has 8 nitrogen and oxygen atoms in total. The van der Waals surface area contributed by atoms with Crippen LogP contribution in [-0.4, -0.2) is 47.0 Å². The molecule has 0 radical (unpaired) electrons. The van der Waals surface area contributed by atoms with Crippen LogP contribution in [0.1, 0.15) is 74.7 Å². The third-order valence-electron chi connectivity index (χ3n) is 7.33. The molecule has 0 spiro atoms. The highest BCUT2D eigenvalue weighted by Gasteiger charge is 2.40. The molecule has 2 aliphatic carbocycles. The zero-order valence-corrected chi connectivity index (χ0v) is 20.3. The number of anilines is 4. The molecule has 3 heterocycles. The topological polar surface area (TPSA) is 90.5 Å². The third kappa shape index (κ3) is 4.21. The zero-order valence-electron chi connectivity index (χ0n) is 20.3. The number of aromatic nitrogens is 2. The Balaban J connectivity index is 1.45. The number of rotatable bonds is 7. The van der Waals surface area contributed by atoms with Crippen LogP contribution < -0.4 is 20.4 Å². The number of fused-ring (bicyclic) bond motifs is 1. The summed E-state index contributed by atoms with van der Waals surface area (Å²) in [6.07, 6.45) is 11.7. The Hall–Kier alpha value is -3.16. The van der Waals surface area contributed by atoms with Gasteiger partial charge in [0.15, 0.2) is 0 Å². The van der Waals surface area contributed by atoms with Crippen LogP contribution in [0.15, 0.2) is 24.5 Å². The summed E-state index contributed by atoms with van der Waals surface area (Å²) in [7, 11) is 1.84. The lowest BCUT2D eigenvalue weighted by atomic mass is 10.0. The number of hydrogen-bond acceptors (Lipinski definition) is 6. The molecular formula is C26H34N6O2. The highest BCUT2D eigenvalue weighted by atomic mass is 16.2. The van der Waals surface area contributed by atoms with E-state index in [2.05, 4.69) is 39.3 Å². The Morgan fingerprint density at radius 2 is 1.82 bits per heavy atom. The number of likely N-dealkylation sites (N-methyl/N-ethyl adjacent to an activating group) is 1. The third-order valence-corrected chi connectivity index (χ3v) is 7.33. The first-order chi connectivity index (χ1) is 16.5. The summed E-state index contributed by atoms with van der Waals surface area (Å²) in [6, 6.07) is 4.51. The smallest absolute Gasteiger partial charge is 0.253 e. The number of carbonyl (C=O) groups is 2. The molecule has 2 amide bonds. The number of nitrogens with zero attached hydrogens (tertiary/aromatic N) is 4. The van der Waals surface area contributed by atoms with E-state index >= 15 is 0 Å². The van der Waals surface area contributed by atoms with Crippen molar-refractivity contribution in [3.63, 3.8) is 0 Å². The van der Waals surface area contributed by atoms with Crippen LogP contribution in [0.5, 0.6) is 0 Å². The van der Waals surface area contributed by atoms with Gasteiger partial charge in [-0.1, -0.05) is 26.7 Å². The highest BCUT2D eigenvalue weighted by molar-refractivity contribution is 6.05. The van der Waals surface area contributed by atoms with E-state index in [1.165, 1.54) is 12.8 Å². The first kappa shape index (κ1) is 22.6. The normalized spacial score (nSPS) is 20.4. The quantitative estimate of drug-likeness (QED) is 0.642. The van der Waals surface area contributed by atoms with E-state index in [1.54, 1.807) is 17.3 Å². The maximum Gasteiger partial charge on any atom is 0.253 e. The predicted molar refractivity (Wildman–Crippen MR) is 134 cm³/mol. The highest BCUT2D eigenvalue weighted by Crippen LogP contribution is 2.42. The minimum Gasteiger partial charge on any atom is -0.355 e. The van der Waals surface area contributed by atoms with Crippen molar-refractivity contribution < 1.29 is 9.59 Å². The van der Waals surface area contributed by atoms with Gasteiger partial charge in [-0.3, -0.25) is 9.59 Å². The van der Waals surface area contributed by atoms with Crippen molar-refractivity contribution in [1.82, 2.24) is 15.3 Å². The molecule has 5 rings (SSSR count). The fourth-order valence-corrected chi connectivity index (χ4v) is 5.24. The number of nitrogens with one attached hydrogen (secondary N) is 2. The molecule has 1 aliphatic heterocycles. The SMILES string of the molecule is CCc1cc(C(=O)NC2CC2)cnc1Nc1cc2c(cn1)N(C)C(=O)[C@@H](CC)N2C1CCCC1. The molecule has 1 atom stereocenters. The van der Waals surface area contributed by atoms with Gasteiger partial charge in [0, 0.05) is 31.4 Å². The van der Waals surface area contributed by atoms with E-state index in [9.17, 15) is 9.59 Å². The largest absolute Gasteiger partial charge is 0.355 e. The molecule has 0 bridgehead atoms. The van der Waals surface area contributed by atoms with Gasteiger partial charge in [0.2, 0.25) is 5.91 Å². The maximum atomic E-state index is 13.1. The summed E-state index contributed by atoms with van der Waals surface area (Å²) in [6.45, 7) is 4.14. The van der Waals surface area contributed by atoms with E-state index in [4.69, 9.17) is 0 Å². The molecule has 34 heavy (non-hydrogen) atoms. The molecular weight excluding hydrogens is 428 g/mol. The second kappa shape index (κ2) is 9.24. The summed E-state index contributed by atoms with van der Waals surface area (Å²) in [5.74, 6) is 1.47. The van der Waals surface area contributed by atoms with Gasteiger partial charge in [-0.25, -0.2) is 9.97 Å². The molecule has 180 valence electrons.